The van der Waals surface area contributed by atoms with Crippen molar-refractivity contribution in [3.8, 4) is 22.8 Å². The van der Waals surface area contributed by atoms with Crippen LogP contribution in [0.2, 0.25) is 0 Å². The van der Waals surface area contributed by atoms with Crippen LogP contribution in [0.15, 0.2) is 83.8 Å². The number of para-hydroxylation sites is 1. The lowest BCUT2D eigenvalue weighted by Gasteiger charge is -2.26. The summed E-state index contributed by atoms with van der Waals surface area (Å²) < 4.78 is 41.4. The number of rotatable bonds is 6. The van der Waals surface area contributed by atoms with Gasteiger partial charge in [0.1, 0.15) is 34.1 Å². The molecule has 13 heteroatoms. The molecule has 0 unspecified atom stereocenters. The van der Waals surface area contributed by atoms with E-state index in [0.29, 0.717) is 47.8 Å². The first-order valence-corrected chi connectivity index (χ1v) is 19.3. The number of amides is 3. The van der Waals surface area contributed by atoms with Crippen molar-refractivity contribution in [2.24, 2.45) is 5.92 Å². The minimum absolute atomic E-state index is 0.0323. The Labute approximate surface area is 303 Å². The maximum absolute atomic E-state index is 14.1. The zero-order valence-electron chi connectivity index (χ0n) is 29.3. The van der Waals surface area contributed by atoms with Crippen LogP contribution in [0.25, 0.3) is 22.2 Å². The first-order valence-electron chi connectivity index (χ1n) is 17.8. The Kier molecular flexibility index (Phi) is 9.80. The van der Waals surface area contributed by atoms with Gasteiger partial charge in [0.05, 0.1) is 30.6 Å². The van der Waals surface area contributed by atoms with Gasteiger partial charge >= 0.3 is 0 Å². The molecule has 2 aliphatic heterocycles. The standard InChI is InChI=1S/C39H43N5O7S/c1-25(45)44-24-29(51-35-22-32(26-12-6-5-7-13-26)41-33-20-28(50-2)17-18-30(33)35)21-34(44)37(46)42-39-23-27(39)14-8-3-4-11-19-40-31-15-9-10-16-36(31)52(48,49)43-38(39)47/h5-7,9-10,12-13,15-18,20,22,27,29,34,40H,3-4,8,11,14,19,21,23-24H2,1-2H3,(H,42,46)(H,43,47)/t27-,29+,34-,39+/m0/s1. The highest BCUT2D eigenvalue weighted by atomic mass is 32.2. The number of carbonyl (C=O) groups excluding carboxylic acids is 3. The number of likely N-dealkylation sites (tertiary alicyclic amines) is 1. The molecule has 3 aliphatic rings. The van der Waals surface area contributed by atoms with Crippen LogP contribution in [0, 0.1) is 5.92 Å². The average Bonchev–Trinajstić information content (AvgIpc) is 3.67. The Morgan fingerprint density at radius 1 is 0.981 bits per heavy atom. The number of anilines is 1. The fourth-order valence-electron chi connectivity index (χ4n) is 7.49. The smallest absolute Gasteiger partial charge is 0.266 e. The van der Waals surface area contributed by atoms with Crippen LogP contribution in [0.3, 0.4) is 0 Å². The van der Waals surface area contributed by atoms with E-state index in [-0.39, 0.29) is 29.7 Å². The highest BCUT2D eigenvalue weighted by Crippen LogP contribution is 2.48. The van der Waals surface area contributed by atoms with Gasteiger partial charge in [-0.25, -0.2) is 18.1 Å². The second-order valence-electron chi connectivity index (χ2n) is 13.8. The number of carbonyl (C=O) groups is 3. The molecule has 272 valence electrons. The van der Waals surface area contributed by atoms with Crippen molar-refractivity contribution < 1.29 is 32.3 Å². The molecule has 4 atom stereocenters. The first-order chi connectivity index (χ1) is 25.1. The molecule has 3 amide bonds. The number of nitrogens with one attached hydrogen (secondary N) is 3. The maximum atomic E-state index is 14.1. The Balaban J connectivity index is 1.14. The molecule has 12 nitrogen and oxygen atoms in total. The van der Waals surface area contributed by atoms with Crippen molar-refractivity contribution in [3.63, 3.8) is 0 Å². The second-order valence-corrected chi connectivity index (χ2v) is 15.5. The van der Waals surface area contributed by atoms with Crippen LogP contribution < -0.4 is 24.8 Å². The van der Waals surface area contributed by atoms with E-state index in [1.54, 1.807) is 25.3 Å². The fourth-order valence-corrected chi connectivity index (χ4v) is 8.72. The molecular formula is C39H43N5O7S. The fraction of sp³-hybridized carbons (Fsp3) is 0.385. The maximum Gasteiger partial charge on any atom is 0.266 e. The molecule has 3 N–H and O–H groups in total. The molecule has 1 saturated carbocycles. The van der Waals surface area contributed by atoms with E-state index in [2.05, 4.69) is 15.4 Å². The molecular weight excluding hydrogens is 683 g/mol. The van der Waals surface area contributed by atoms with E-state index in [1.807, 2.05) is 54.6 Å². The quantitative estimate of drug-likeness (QED) is 0.248. The van der Waals surface area contributed by atoms with Gasteiger partial charge in [0, 0.05) is 43.0 Å². The third-order valence-corrected chi connectivity index (χ3v) is 11.8. The number of benzene rings is 3. The Bertz CT molecular complexity index is 2110. The number of hydrogen-bond acceptors (Lipinski definition) is 9. The van der Waals surface area contributed by atoms with Crippen molar-refractivity contribution in [3.05, 3.63) is 78.9 Å². The largest absolute Gasteiger partial charge is 0.497 e. The number of ether oxygens (including phenoxy) is 2. The number of fused-ring (bicyclic) bond motifs is 3. The number of methoxy groups -OCH3 is 1. The van der Waals surface area contributed by atoms with E-state index in [1.165, 1.54) is 17.9 Å². The molecule has 0 bridgehead atoms. The number of aromatic nitrogens is 1. The minimum Gasteiger partial charge on any atom is -0.497 e. The van der Waals surface area contributed by atoms with E-state index in [4.69, 9.17) is 14.5 Å². The summed E-state index contributed by atoms with van der Waals surface area (Å²) in [6.45, 7) is 2.16. The van der Waals surface area contributed by atoms with E-state index in [9.17, 15) is 22.8 Å². The van der Waals surface area contributed by atoms with Crippen LogP contribution >= 0.6 is 0 Å². The topological polar surface area (TPSA) is 156 Å². The molecule has 3 heterocycles. The molecule has 0 radical (unpaired) electrons. The SMILES string of the molecule is COc1ccc2c(O[C@@H]3C[C@@H](C(=O)N[C@]45C[C@@H]4CCCCCCNc4ccccc4S(=O)(=O)NC5=O)N(C(C)=O)C3)cc(-c3ccccc3)nc2c1. The summed E-state index contributed by atoms with van der Waals surface area (Å²) in [5, 5.41) is 6.88. The zero-order chi connectivity index (χ0) is 36.5. The van der Waals surface area contributed by atoms with Crippen LogP contribution in [-0.2, 0) is 24.4 Å². The van der Waals surface area contributed by atoms with Crippen LogP contribution in [0.5, 0.6) is 11.5 Å². The lowest BCUT2D eigenvalue weighted by molar-refractivity contribution is -0.138. The van der Waals surface area contributed by atoms with E-state index < -0.39 is 39.5 Å². The highest BCUT2D eigenvalue weighted by molar-refractivity contribution is 7.90. The third kappa shape index (κ3) is 7.14. The normalized spacial score (nSPS) is 24.3. The number of hydrogen-bond donors (Lipinski definition) is 3. The third-order valence-electron chi connectivity index (χ3n) is 10.4. The predicted molar refractivity (Wildman–Crippen MR) is 196 cm³/mol. The molecule has 7 rings (SSSR count). The average molecular weight is 726 g/mol. The van der Waals surface area contributed by atoms with Crippen LogP contribution in [0.1, 0.15) is 51.9 Å². The lowest BCUT2D eigenvalue weighted by atomic mass is 10.0. The van der Waals surface area contributed by atoms with Gasteiger partial charge < -0.3 is 25.0 Å². The van der Waals surface area contributed by atoms with Crippen LogP contribution in [0.4, 0.5) is 5.69 Å². The molecule has 4 aromatic rings. The van der Waals surface area contributed by atoms with Gasteiger partial charge in [0.2, 0.25) is 11.8 Å². The molecule has 1 aliphatic carbocycles. The zero-order valence-corrected chi connectivity index (χ0v) is 30.1. The van der Waals surface area contributed by atoms with Gasteiger partial charge in [-0.2, -0.15) is 0 Å². The van der Waals surface area contributed by atoms with Gasteiger partial charge in [-0.15, -0.1) is 0 Å². The summed E-state index contributed by atoms with van der Waals surface area (Å²) >= 11 is 0. The predicted octanol–water partition coefficient (Wildman–Crippen LogP) is 5.03. The monoisotopic (exact) mass is 725 g/mol. The van der Waals surface area contributed by atoms with Gasteiger partial charge in [-0.05, 0) is 49.4 Å². The molecule has 2 fully saturated rings. The van der Waals surface area contributed by atoms with Gasteiger partial charge in [-0.3, -0.25) is 14.4 Å². The van der Waals surface area contributed by atoms with E-state index in [0.717, 1.165) is 36.6 Å². The van der Waals surface area contributed by atoms with E-state index >= 15 is 0 Å². The molecule has 52 heavy (non-hydrogen) atoms. The first kappa shape index (κ1) is 35.2. The van der Waals surface area contributed by atoms with Crippen molar-refractivity contribution in [1.29, 1.82) is 0 Å². The second kappa shape index (κ2) is 14.5. The van der Waals surface area contributed by atoms with Crippen molar-refractivity contribution in [2.45, 2.75) is 74.4 Å². The van der Waals surface area contributed by atoms with Gasteiger partial charge in [0.15, 0.2) is 0 Å². The summed E-state index contributed by atoms with van der Waals surface area (Å²) in [4.78, 5) is 47.3. The Hall–Kier alpha value is -5.17. The van der Waals surface area contributed by atoms with Gasteiger partial charge in [0.25, 0.3) is 15.9 Å². The van der Waals surface area contributed by atoms with Crippen LogP contribution in [-0.4, -0.2) is 73.9 Å². The summed E-state index contributed by atoms with van der Waals surface area (Å²) in [5.41, 5.74) is 1.25. The van der Waals surface area contributed by atoms with Gasteiger partial charge in [-0.1, -0.05) is 61.7 Å². The van der Waals surface area contributed by atoms with Crippen molar-refractivity contribution >= 4 is 44.3 Å². The number of sulfonamides is 1. The highest BCUT2D eigenvalue weighted by Gasteiger charge is 2.62. The number of pyridine rings is 1. The summed E-state index contributed by atoms with van der Waals surface area (Å²) in [6, 6.07) is 22.6. The summed E-state index contributed by atoms with van der Waals surface area (Å²) in [6.07, 6.45) is 4.20. The molecule has 1 aromatic heterocycles. The number of nitrogens with zero attached hydrogens (tertiary/aromatic N) is 2. The lowest BCUT2D eigenvalue weighted by Crippen LogP contribution is -2.56. The van der Waals surface area contributed by atoms with Crippen molar-refractivity contribution in [2.75, 3.05) is 25.5 Å². The Morgan fingerprint density at radius 3 is 2.54 bits per heavy atom. The molecule has 0 spiro atoms. The molecule has 3 aromatic carbocycles. The van der Waals surface area contributed by atoms with Crippen molar-refractivity contribution in [1.82, 2.24) is 19.9 Å². The Morgan fingerprint density at radius 2 is 1.75 bits per heavy atom. The summed E-state index contributed by atoms with van der Waals surface area (Å²) in [7, 11) is -2.67. The summed E-state index contributed by atoms with van der Waals surface area (Å²) in [5.74, 6) is -0.651. The minimum atomic E-state index is -4.26. The molecule has 1 saturated heterocycles.